The lowest BCUT2D eigenvalue weighted by molar-refractivity contribution is 0.0954. The van der Waals surface area contributed by atoms with Gasteiger partial charge in [-0.2, -0.15) is 5.10 Å². The zero-order valence-electron chi connectivity index (χ0n) is 14.4. The van der Waals surface area contributed by atoms with Crippen LogP contribution in [-0.4, -0.2) is 33.7 Å². The molecule has 11 heteroatoms. The number of benzene rings is 1. The number of halogens is 2. The van der Waals surface area contributed by atoms with E-state index in [0.29, 0.717) is 9.63 Å². The van der Waals surface area contributed by atoms with Crippen molar-refractivity contribution in [2.75, 3.05) is 12.4 Å². The predicted molar refractivity (Wildman–Crippen MR) is 107 cm³/mol. The van der Waals surface area contributed by atoms with Crippen molar-refractivity contribution in [1.29, 1.82) is 0 Å². The van der Waals surface area contributed by atoms with E-state index in [1.165, 1.54) is 30.1 Å². The molecule has 0 aliphatic rings. The summed E-state index contributed by atoms with van der Waals surface area (Å²) in [6.45, 7) is 0. The smallest absolute Gasteiger partial charge is 0.274 e. The normalized spacial score (nSPS) is 10.4. The van der Waals surface area contributed by atoms with E-state index in [1.807, 2.05) is 5.43 Å². The standard InChI is InChI=1S/C17H14BrClN6O3/c1-28-12-6-2-4-9(16(26)23-20)14(12)22-17(27)11-8-13(18)24-25(11)15-10(19)5-3-7-21-15/h2-8H,20H2,1H3,(H,22,27)(H,23,26). The van der Waals surface area contributed by atoms with Gasteiger partial charge in [-0.3, -0.25) is 15.0 Å². The molecular weight excluding hydrogens is 452 g/mol. The number of hydrogen-bond acceptors (Lipinski definition) is 6. The van der Waals surface area contributed by atoms with E-state index in [4.69, 9.17) is 22.2 Å². The molecule has 0 aliphatic carbocycles. The van der Waals surface area contributed by atoms with Gasteiger partial charge in [0.1, 0.15) is 16.0 Å². The molecule has 0 spiro atoms. The average Bonchev–Trinajstić information content (AvgIpc) is 3.09. The molecule has 0 saturated carbocycles. The fourth-order valence-electron chi connectivity index (χ4n) is 2.48. The molecule has 3 aromatic rings. The summed E-state index contributed by atoms with van der Waals surface area (Å²) in [6.07, 6.45) is 1.53. The molecule has 0 aliphatic heterocycles. The number of methoxy groups -OCH3 is 1. The van der Waals surface area contributed by atoms with Crippen molar-refractivity contribution in [2.24, 2.45) is 5.84 Å². The molecule has 1 aromatic carbocycles. The van der Waals surface area contributed by atoms with Gasteiger partial charge in [0.05, 0.1) is 23.4 Å². The van der Waals surface area contributed by atoms with Gasteiger partial charge < -0.3 is 10.1 Å². The van der Waals surface area contributed by atoms with Crippen molar-refractivity contribution in [3.63, 3.8) is 0 Å². The van der Waals surface area contributed by atoms with Gasteiger partial charge in [-0.25, -0.2) is 15.5 Å². The van der Waals surface area contributed by atoms with Gasteiger partial charge in [0.25, 0.3) is 11.8 Å². The number of carbonyl (C=O) groups excluding carboxylic acids is 2. The number of pyridine rings is 1. The molecule has 2 heterocycles. The number of hydrogen-bond donors (Lipinski definition) is 3. The minimum Gasteiger partial charge on any atom is -0.495 e. The van der Waals surface area contributed by atoms with Crippen LogP contribution in [0.1, 0.15) is 20.8 Å². The number of rotatable bonds is 5. The van der Waals surface area contributed by atoms with Gasteiger partial charge in [-0.15, -0.1) is 0 Å². The Morgan fingerprint density at radius 2 is 2.04 bits per heavy atom. The Hall–Kier alpha value is -2.95. The van der Waals surface area contributed by atoms with Gasteiger partial charge in [-0.1, -0.05) is 17.7 Å². The van der Waals surface area contributed by atoms with Gasteiger partial charge in [0, 0.05) is 12.3 Å². The Morgan fingerprint density at radius 3 is 2.71 bits per heavy atom. The van der Waals surface area contributed by atoms with E-state index in [-0.39, 0.29) is 28.5 Å². The summed E-state index contributed by atoms with van der Waals surface area (Å²) in [4.78, 5) is 29.2. The molecule has 0 bridgehead atoms. The number of carbonyl (C=O) groups is 2. The molecular formula is C17H14BrClN6O3. The van der Waals surface area contributed by atoms with Crippen LogP contribution in [0.15, 0.2) is 47.2 Å². The maximum atomic E-state index is 13.0. The number of para-hydroxylation sites is 1. The van der Waals surface area contributed by atoms with Gasteiger partial charge in [0.2, 0.25) is 0 Å². The average molecular weight is 466 g/mol. The number of aromatic nitrogens is 3. The Kier molecular flexibility index (Phi) is 5.93. The lowest BCUT2D eigenvalue weighted by atomic mass is 10.1. The van der Waals surface area contributed by atoms with Crippen LogP contribution >= 0.6 is 27.5 Å². The van der Waals surface area contributed by atoms with Crippen molar-refractivity contribution < 1.29 is 14.3 Å². The molecule has 0 fully saturated rings. The molecule has 3 rings (SSSR count). The molecule has 0 radical (unpaired) electrons. The number of anilines is 1. The summed E-state index contributed by atoms with van der Waals surface area (Å²) in [6, 6.07) is 9.50. The van der Waals surface area contributed by atoms with Crippen LogP contribution in [0.3, 0.4) is 0 Å². The molecule has 2 aromatic heterocycles. The van der Waals surface area contributed by atoms with E-state index in [0.717, 1.165) is 0 Å². The van der Waals surface area contributed by atoms with Crippen molar-refractivity contribution in [1.82, 2.24) is 20.2 Å². The van der Waals surface area contributed by atoms with Crippen molar-refractivity contribution >= 4 is 45.0 Å². The van der Waals surface area contributed by atoms with Gasteiger partial charge in [-0.05, 0) is 40.2 Å². The van der Waals surface area contributed by atoms with Crippen LogP contribution in [0.2, 0.25) is 5.02 Å². The maximum absolute atomic E-state index is 13.0. The lowest BCUT2D eigenvalue weighted by Crippen LogP contribution is -2.31. The highest BCUT2D eigenvalue weighted by Gasteiger charge is 2.22. The molecule has 144 valence electrons. The van der Waals surface area contributed by atoms with Gasteiger partial charge >= 0.3 is 0 Å². The molecule has 4 N–H and O–H groups in total. The largest absolute Gasteiger partial charge is 0.495 e. The molecule has 2 amide bonds. The Morgan fingerprint density at radius 1 is 1.25 bits per heavy atom. The number of hydrazine groups is 1. The second-order valence-corrected chi connectivity index (χ2v) is 6.60. The third-order valence-corrected chi connectivity index (χ3v) is 4.39. The first-order valence-corrected chi connectivity index (χ1v) is 8.99. The van der Waals surface area contributed by atoms with Crippen molar-refractivity contribution in [3.05, 3.63) is 63.5 Å². The maximum Gasteiger partial charge on any atom is 0.274 e. The third-order valence-electron chi connectivity index (χ3n) is 3.71. The molecule has 28 heavy (non-hydrogen) atoms. The second-order valence-electron chi connectivity index (χ2n) is 5.38. The molecule has 9 nitrogen and oxygen atoms in total. The zero-order valence-corrected chi connectivity index (χ0v) is 16.8. The number of amides is 2. The van der Waals surface area contributed by atoms with Crippen LogP contribution in [0.5, 0.6) is 5.75 Å². The summed E-state index contributed by atoms with van der Waals surface area (Å²) in [5.74, 6) is 4.65. The van der Waals surface area contributed by atoms with E-state index < -0.39 is 11.8 Å². The summed E-state index contributed by atoms with van der Waals surface area (Å²) in [5, 5.41) is 7.20. The molecule has 0 unspecified atom stereocenters. The lowest BCUT2D eigenvalue weighted by Gasteiger charge is -2.14. The minimum atomic E-state index is -0.586. The first kappa shape index (κ1) is 19.8. The van der Waals surface area contributed by atoms with Crippen LogP contribution < -0.4 is 21.3 Å². The minimum absolute atomic E-state index is 0.135. The summed E-state index contributed by atoms with van der Waals surface area (Å²) in [5.41, 5.74) is 2.47. The number of nitrogens with two attached hydrogens (primary N) is 1. The highest BCUT2D eigenvalue weighted by Crippen LogP contribution is 2.29. The zero-order chi connectivity index (χ0) is 20.3. The van der Waals surface area contributed by atoms with E-state index in [9.17, 15) is 9.59 Å². The van der Waals surface area contributed by atoms with E-state index in [2.05, 4.69) is 31.3 Å². The monoisotopic (exact) mass is 464 g/mol. The van der Waals surface area contributed by atoms with Crippen LogP contribution in [0, 0.1) is 0 Å². The fraction of sp³-hybridized carbons (Fsp3) is 0.0588. The summed E-state index contributed by atoms with van der Waals surface area (Å²) in [7, 11) is 1.42. The Bertz CT molecular complexity index is 1060. The highest BCUT2D eigenvalue weighted by atomic mass is 79.9. The molecule has 0 saturated heterocycles. The van der Waals surface area contributed by atoms with Crippen molar-refractivity contribution in [2.45, 2.75) is 0 Å². The molecule has 0 atom stereocenters. The Balaban J connectivity index is 2.05. The summed E-state index contributed by atoms with van der Waals surface area (Å²) < 4.78 is 6.95. The number of nitrogens with one attached hydrogen (secondary N) is 2. The number of ether oxygens (including phenoxy) is 1. The fourth-order valence-corrected chi connectivity index (χ4v) is 3.06. The van der Waals surface area contributed by atoms with E-state index >= 15 is 0 Å². The number of nitrogens with zero attached hydrogens (tertiary/aromatic N) is 3. The van der Waals surface area contributed by atoms with Crippen LogP contribution in [-0.2, 0) is 0 Å². The van der Waals surface area contributed by atoms with Gasteiger partial charge in [0.15, 0.2) is 5.82 Å². The SMILES string of the molecule is COc1cccc(C(=O)NN)c1NC(=O)c1cc(Br)nn1-c1ncccc1Cl. The van der Waals surface area contributed by atoms with Crippen LogP contribution in [0.25, 0.3) is 5.82 Å². The second kappa shape index (κ2) is 8.38. The Labute approximate surface area is 172 Å². The van der Waals surface area contributed by atoms with E-state index in [1.54, 1.807) is 24.3 Å². The first-order valence-electron chi connectivity index (χ1n) is 7.82. The number of nitrogen functional groups attached to an aromatic ring is 1. The van der Waals surface area contributed by atoms with Crippen molar-refractivity contribution in [3.8, 4) is 11.6 Å². The topological polar surface area (TPSA) is 124 Å². The summed E-state index contributed by atoms with van der Waals surface area (Å²) >= 11 is 9.43. The third kappa shape index (κ3) is 3.84. The predicted octanol–water partition coefficient (Wildman–Crippen LogP) is 2.55. The quantitative estimate of drug-likeness (QED) is 0.302. The first-order chi connectivity index (χ1) is 13.5. The van der Waals surface area contributed by atoms with Crippen LogP contribution in [0.4, 0.5) is 5.69 Å². The highest BCUT2D eigenvalue weighted by molar-refractivity contribution is 9.10.